The molecule has 0 spiro atoms. The summed E-state index contributed by atoms with van der Waals surface area (Å²) in [5, 5.41) is 0. The van der Waals surface area contributed by atoms with Gasteiger partial charge in [0.25, 0.3) is 0 Å². The van der Waals surface area contributed by atoms with Gasteiger partial charge in [-0.2, -0.15) is 4.98 Å². The maximum absolute atomic E-state index is 13.4. The Morgan fingerprint density at radius 1 is 1.33 bits per heavy atom. The van der Waals surface area contributed by atoms with E-state index in [1.165, 1.54) is 12.1 Å². The molecule has 0 amide bonds. The topological polar surface area (TPSA) is 56.6 Å². The van der Waals surface area contributed by atoms with Gasteiger partial charge in [0.1, 0.15) is 18.2 Å². The van der Waals surface area contributed by atoms with Crippen molar-refractivity contribution in [3.8, 4) is 5.88 Å². The first-order chi connectivity index (χ1) is 11.6. The average Bonchev–Trinajstić information content (AvgIpc) is 2.54. The first kappa shape index (κ1) is 15.1. The fourth-order valence-electron chi connectivity index (χ4n) is 3.27. The van der Waals surface area contributed by atoms with Crippen molar-refractivity contribution in [3.63, 3.8) is 0 Å². The summed E-state index contributed by atoms with van der Waals surface area (Å²) in [5.74, 6) is 0.768. The standard InChI is InChI=1S/C17H18FN3O3/c1-11-4-12(6-13(18)5-11)10-24-15-7-16-20-2-3-23-14(8-20)9-21(16)17(22)19-15/h4-7,14H,2-3,8-10H2,1H3/t14-/m1/s1. The number of morpholine rings is 1. The Hall–Kier alpha value is -2.41. The molecular formula is C17H18FN3O3. The molecular weight excluding hydrogens is 313 g/mol. The summed E-state index contributed by atoms with van der Waals surface area (Å²) in [6, 6.07) is 6.50. The molecule has 1 fully saturated rings. The number of hydrogen-bond acceptors (Lipinski definition) is 5. The predicted octanol–water partition coefficient (Wildman–Crippen LogP) is 1.49. The van der Waals surface area contributed by atoms with Crippen LogP contribution >= 0.6 is 0 Å². The minimum atomic E-state index is -0.349. The van der Waals surface area contributed by atoms with E-state index in [9.17, 15) is 9.18 Å². The van der Waals surface area contributed by atoms with Gasteiger partial charge in [-0.1, -0.05) is 6.07 Å². The van der Waals surface area contributed by atoms with Gasteiger partial charge in [0.15, 0.2) is 0 Å². The summed E-state index contributed by atoms with van der Waals surface area (Å²) in [6.07, 6.45) is 0.0350. The molecule has 0 saturated carbocycles. The molecule has 1 atom stereocenters. The lowest BCUT2D eigenvalue weighted by Gasteiger charge is -2.40. The van der Waals surface area contributed by atoms with E-state index < -0.39 is 0 Å². The van der Waals surface area contributed by atoms with Crippen molar-refractivity contribution in [2.45, 2.75) is 26.2 Å². The molecule has 2 aliphatic heterocycles. The molecule has 0 radical (unpaired) electrons. The summed E-state index contributed by atoms with van der Waals surface area (Å²) in [4.78, 5) is 18.4. The molecule has 0 aliphatic carbocycles. The number of aryl methyl sites for hydroxylation is 1. The van der Waals surface area contributed by atoms with Crippen LogP contribution in [0.1, 0.15) is 11.1 Å². The highest BCUT2D eigenvalue weighted by atomic mass is 19.1. The first-order valence-electron chi connectivity index (χ1n) is 7.96. The zero-order valence-corrected chi connectivity index (χ0v) is 13.4. The molecule has 126 valence electrons. The quantitative estimate of drug-likeness (QED) is 0.853. The van der Waals surface area contributed by atoms with Crippen LogP contribution in [0.15, 0.2) is 29.1 Å². The maximum Gasteiger partial charge on any atom is 0.352 e. The highest BCUT2D eigenvalue weighted by Gasteiger charge is 2.30. The molecule has 0 N–H and O–H groups in total. The van der Waals surface area contributed by atoms with Crippen molar-refractivity contribution in [1.82, 2.24) is 9.55 Å². The van der Waals surface area contributed by atoms with Crippen LogP contribution in [-0.2, 0) is 17.9 Å². The van der Waals surface area contributed by atoms with Gasteiger partial charge in [-0.3, -0.25) is 4.57 Å². The fourth-order valence-corrected chi connectivity index (χ4v) is 3.27. The van der Waals surface area contributed by atoms with Gasteiger partial charge >= 0.3 is 5.69 Å². The van der Waals surface area contributed by atoms with Gasteiger partial charge < -0.3 is 14.4 Å². The second-order valence-corrected chi connectivity index (χ2v) is 6.21. The zero-order chi connectivity index (χ0) is 16.7. The molecule has 1 saturated heterocycles. The molecule has 0 unspecified atom stereocenters. The first-order valence-corrected chi connectivity index (χ1v) is 7.96. The second-order valence-electron chi connectivity index (χ2n) is 6.21. The van der Waals surface area contributed by atoms with Crippen molar-refractivity contribution in [2.24, 2.45) is 0 Å². The fraction of sp³-hybridized carbons (Fsp3) is 0.412. The molecule has 2 bridgehead atoms. The van der Waals surface area contributed by atoms with Crippen LogP contribution in [0.4, 0.5) is 10.2 Å². The van der Waals surface area contributed by atoms with Crippen LogP contribution in [0, 0.1) is 12.7 Å². The van der Waals surface area contributed by atoms with E-state index in [0.717, 1.165) is 24.5 Å². The Kier molecular flexibility index (Phi) is 3.72. The van der Waals surface area contributed by atoms with Crippen molar-refractivity contribution in [2.75, 3.05) is 24.6 Å². The summed E-state index contributed by atoms with van der Waals surface area (Å²) in [6.45, 7) is 4.67. The van der Waals surface area contributed by atoms with Crippen LogP contribution < -0.4 is 15.3 Å². The predicted molar refractivity (Wildman–Crippen MR) is 85.9 cm³/mol. The van der Waals surface area contributed by atoms with Crippen LogP contribution in [0.25, 0.3) is 0 Å². The van der Waals surface area contributed by atoms with E-state index in [4.69, 9.17) is 9.47 Å². The smallest absolute Gasteiger partial charge is 0.352 e. The normalized spacial score (nSPS) is 19.1. The lowest BCUT2D eigenvalue weighted by Crippen LogP contribution is -2.52. The third-order valence-corrected chi connectivity index (χ3v) is 4.30. The van der Waals surface area contributed by atoms with E-state index in [0.29, 0.717) is 18.7 Å². The van der Waals surface area contributed by atoms with Gasteiger partial charge in [0.2, 0.25) is 5.88 Å². The van der Waals surface area contributed by atoms with Crippen molar-refractivity contribution < 1.29 is 13.9 Å². The minimum Gasteiger partial charge on any atom is -0.473 e. The number of aromatic nitrogens is 2. The van der Waals surface area contributed by atoms with E-state index in [1.54, 1.807) is 10.6 Å². The number of halogens is 1. The number of benzene rings is 1. The van der Waals surface area contributed by atoms with Crippen LogP contribution in [-0.4, -0.2) is 35.4 Å². The molecule has 6 nitrogen and oxygen atoms in total. The second kappa shape index (κ2) is 5.90. The number of nitrogens with zero attached hydrogens (tertiary/aromatic N) is 3. The Bertz CT molecular complexity index is 816. The van der Waals surface area contributed by atoms with Crippen LogP contribution in [0.3, 0.4) is 0 Å². The Morgan fingerprint density at radius 3 is 3.04 bits per heavy atom. The number of rotatable bonds is 3. The zero-order valence-electron chi connectivity index (χ0n) is 13.4. The molecule has 4 rings (SSSR count). The maximum atomic E-state index is 13.4. The molecule has 3 heterocycles. The van der Waals surface area contributed by atoms with Gasteiger partial charge in [-0.25, -0.2) is 9.18 Å². The minimum absolute atomic E-state index is 0.0350. The summed E-state index contributed by atoms with van der Waals surface area (Å²) in [7, 11) is 0. The van der Waals surface area contributed by atoms with Crippen LogP contribution in [0.2, 0.25) is 0 Å². The third kappa shape index (κ3) is 2.87. The lowest BCUT2D eigenvalue weighted by atomic mass is 10.1. The van der Waals surface area contributed by atoms with Crippen molar-refractivity contribution in [3.05, 3.63) is 51.7 Å². The van der Waals surface area contributed by atoms with Gasteiger partial charge in [-0.15, -0.1) is 0 Å². The molecule has 1 aromatic carbocycles. The molecule has 2 aliphatic rings. The number of fused-ring (bicyclic) bond motifs is 4. The van der Waals surface area contributed by atoms with E-state index in [2.05, 4.69) is 9.88 Å². The molecule has 7 heteroatoms. The largest absolute Gasteiger partial charge is 0.473 e. The van der Waals surface area contributed by atoms with Crippen molar-refractivity contribution >= 4 is 5.82 Å². The van der Waals surface area contributed by atoms with Crippen LogP contribution in [0.5, 0.6) is 5.88 Å². The highest BCUT2D eigenvalue weighted by Crippen LogP contribution is 2.25. The molecule has 1 aromatic heterocycles. The highest BCUT2D eigenvalue weighted by molar-refractivity contribution is 5.44. The van der Waals surface area contributed by atoms with E-state index >= 15 is 0 Å². The Morgan fingerprint density at radius 2 is 2.21 bits per heavy atom. The molecule has 24 heavy (non-hydrogen) atoms. The summed E-state index contributed by atoms with van der Waals surface area (Å²) < 4.78 is 26.3. The lowest BCUT2D eigenvalue weighted by molar-refractivity contribution is 0.0195. The Balaban J connectivity index is 1.58. The van der Waals surface area contributed by atoms with E-state index in [-0.39, 0.29) is 30.1 Å². The summed E-state index contributed by atoms with van der Waals surface area (Å²) in [5.41, 5.74) is 1.18. The van der Waals surface area contributed by atoms with Gasteiger partial charge in [0, 0.05) is 19.2 Å². The van der Waals surface area contributed by atoms with Gasteiger partial charge in [-0.05, 0) is 30.2 Å². The van der Waals surface area contributed by atoms with E-state index in [1.807, 2.05) is 13.0 Å². The average molecular weight is 331 g/mol. The Labute approximate surface area is 138 Å². The number of anilines is 1. The van der Waals surface area contributed by atoms with Crippen molar-refractivity contribution in [1.29, 1.82) is 0 Å². The number of ether oxygens (including phenoxy) is 2. The monoisotopic (exact) mass is 331 g/mol. The van der Waals surface area contributed by atoms with Gasteiger partial charge in [0.05, 0.1) is 19.3 Å². The molecule has 2 aromatic rings. The third-order valence-electron chi connectivity index (χ3n) is 4.30. The number of hydrogen-bond donors (Lipinski definition) is 0. The SMILES string of the molecule is Cc1cc(F)cc(COc2cc3n(c(=O)n2)C[C@H]2CN3CCO2)c1. The summed E-state index contributed by atoms with van der Waals surface area (Å²) >= 11 is 0.